The third kappa shape index (κ3) is 3.36. The minimum Gasteiger partial charge on any atom is -0.316 e. The fourth-order valence-corrected chi connectivity index (χ4v) is 3.48. The molecule has 0 saturated heterocycles. The molecule has 1 aliphatic rings. The van der Waals surface area contributed by atoms with E-state index in [0.29, 0.717) is 11.5 Å². The summed E-state index contributed by atoms with van der Waals surface area (Å²) < 4.78 is 13.4. The molecular weight excluding hydrogens is 237 g/mol. The van der Waals surface area contributed by atoms with Gasteiger partial charge in [-0.2, -0.15) is 0 Å². The van der Waals surface area contributed by atoms with Crippen LogP contribution in [0.2, 0.25) is 0 Å². The Hall–Kier alpha value is -0.890. The van der Waals surface area contributed by atoms with Crippen LogP contribution in [0.15, 0.2) is 18.2 Å². The lowest BCUT2D eigenvalue weighted by Crippen LogP contribution is -2.44. The van der Waals surface area contributed by atoms with Crippen molar-refractivity contribution in [2.75, 3.05) is 7.05 Å². The van der Waals surface area contributed by atoms with Crippen molar-refractivity contribution in [3.05, 3.63) is 35.1 Å². The van der Waals surface area contributed by atoms with Crippen molar-refractivity contribution in [3.8, 4) is 0 Å². The Balaban J connectivity index is 2.16. The SMILES string of the molecule is CNC(Cc1cc(F)ccc1C)C1(C)CCCCC1. The molecule has 1 fully saturated rings. The molecule has 1 aromatic carbocycles. The van der Waals surface area contributed by atoms with E-state index >= 15 is 0 Å². The first-order chi connectivity index (χ1) is 9.05. The van der Waals surface area contributed by atoms with E-state index in [2.05, 4.69) is 19.2 Å². The van der Waals surface area contributed by atoms with Crippen molar-refractivity contribution >= 4 is 0 Å². The summed E-state index contributed by atoms with van der Waals surface area (Å²) in [6, 6.07) is 5.58. The Morgan fingerprint density at radius 3 is 2.58 bits per heavy atom. The van der Waals surface area contributed by atoms with Crippen molar-refractivity contribution in [1.82, 2.24) is 5.32 Å². The maximum Gasteiger partial charge on any atom is 0.123 e. The maximum atomic E-state index is 13.4. The van der Waals surface area contributed by atoms with Crippen molar-refractivity contribution in [2.45, 2.75) is 58.4 Å². The second kappa shape index (κ2) is 6.04. The van der Waals surface area contributed by atoms with Crippen LogP contribution in [0.1, 0.15) is 50.2 Å². The Morgan fingerprint density at radius 2 is 1.95 bits per heavy atom. The molecule has 1 atom stereocenters. The second-order valence-electron chi connectivity index (χ2n) is 6.33. The van der Waals surface area contributed by atoms with Gasteiger partial charge in [0, 0.05) is 6.04 Å². The van der Waals surface area contributed by atoms with Crippen LogP contribution < -0.4 is 5.32 Å². The Morgan fingerprint density at radius 1 is 1.26 bits per heavy atom. The number of hydrogen-bond donors (Lipinski definition) is 1. The highest BCUT2D eigenvalue weighted by atomic mass is 19.1. The first-order valence-electron chi connectivity index (χ1n) is 7.47. The average molecular weight is 263 g/mol. The van der Waals surface area contributed by atoms with Gasteiger partial charge in [-0.3, -0.25) is 0 Å². The van der Waals surface area contributed by atoms with Crippen LogP contribution in [0.4, 0.5) is 4.39 Å². The minimum atomic E-state index is -0.121. The van der Waals surface area contributed by atoms with E-state index in [0.717, 1.165) is 12.0 Å². The van der Waals surface area contributed by atoms with Crippen molar-refractivity contribution in [2.24, 2.45) is 5.41 Å². The zero-order valence-corrected chi connectivity index (χ0v) is 12.4. The lowest BCUT2D eigenvalue weighted by atomic mass is 9.69. The smallest absolute Gasteiger partial charge is 0.123 e. The normalized spacial score (nSPS) is 20.2. The summed E-state index contributed by atoms with van der Waals surface area (Å²) in [5.41, 5.74) is 2.69. The number of likely N-dealkylation sites (N-methyl/N-ethyl adjacent to an activating group) is 1. The van der Waals surface area contributed by atoms with Crippen molar-refractivity contribution < 1.29 is 4.39 Å². The van der Waals surface area contributed by atoms with Crippen LogP contribution in [-0.2, 0) is 6.42 Å². The first kappa shape index (κ1) is 14.5. The average Bonchev–Trinajstić information content (AvgIpc) is 2.40. The molecule has 106 valence electrons. The summed E-state index contributed by atoms with van der Waals surface area (Å²) >= 11 is 0. The van der Waals surface area contributed by atoms with Crippen LogP contribution in [0.3, 0.4) is 0 Å². The molecule has 1 unspecified atom stereocenters. The van der Waals surface area contributed by atoms with E-state index in [1.807, 2.05) is 13.1 Å². The zero-order chi connectivity index (χ0) is 13.9. The van der Waals surface area contributed by atoms with E-state index in [4.69, 9.17) is 0 Å². The highest BCUT2D eigenvalue weighted by Crippen LogP contribution is 2.40. The van der Waals surface area contributed by atoms with Gasteiger partial charge in [-0.1, -0.05) is 32.3 Å². The number of hydrogen-bond acceptors (Lipinski definition) is 1. The molecule has 0 aliphatic heterocycles. The second-order valence-corrected chi connectivity index (χ2v) is 6.33. The maximum absolute atomic E-state index is 13.4. The van der Waals surface area contributed by atoms with Gasteiger partial charge >= 0.3 is 0 Å². The summed E-state index contributed by atoms with van der Waals surface area (Å²) in [6.07, 6.45) is 7.52. The van der Waals surface area contributed by atoms with E-state index < -0.39 is 0 Å². The molecule has 1 nitrogen and oxygen atoms in total. The molecule has 1 saturated carbocycles. The summed E-state index contributed by atoms with van der Waals surface area (Å²) in [5.74, 6) is -0.121. The van der Waals surface area contributed by atoms with Crippen LogP contribution in [0, 0.1) is 18.2 Å². The molecule has 2 heteroatoms. The molecule has 0 radical (unpaired) electrons. The molecule has 0 amide bonds. The molecule has 0 bridgehead atoms. The molecule has 1 N–H and O–H groups in total. The van der Waals surface area contributed by atoms with Gasteiger partial charge in [-0.15, -0.1) is 0 Å². The third-order valence-electron chi connectivity index (χ3n) is 4.92. The largest absolute Gasteiger partial charge is 0.316 e. The monoisotopic (exact) mass is 263 g/mol. The van der Waals surface area contributed by atoms with Gasteiger partial charge in [-0.25, -0.2) is 4.39 Å². The molecule has 1 aliphatic carbocycles. The Labute approximate surface area is 116 Å². The number of halogens is 1. The summed E-state index contributed by atoms with van der Waals surface area (Å²) in [4.78, 5) is 0. The molecular formula is C17H26FN. The van der Waals surface area contributed by atoms with Crippen molar-refractivity contribution in [1.29, 1.82) is 0 Å². The van der Waals surface area contributed by atoms with Crippen LogP contribution >= 0.6 is 0 Å². The quantitative estimate of drug-likeness (QED) is 0.857. The Kier molecular flexibility index (Phi) is 4.62. The van der Waals surface area contributed by atoms with Gasteiger partial charge in [0.1, 0.15) is 5.82 Å². The minimum absolute atomic E-state index is 0.121. The molecule has 2 rings (SSSR count). The van der Waals surface area contributed by atoms with Gasteiger partial charge in [0.15, 0.2) is 0 Å². The molecule has 1 aromatic rings. The fourth-order valence-electron chi connectivity index (χ4n) is 3.48. The highest BCUT2D eigenvalue weighted by molar-refractivity contribution is 5.27. The first-order valence-corrected chi connectivity index (χ1v) is 7.47. The summed E-state index contributed by atoms with van der Waals surface area (Å²) in [7, 11) is 2.04. The van der Waals surface area contributed by atoms with Crippen LogP contribution in [0.5, 0.6) is 0 Å². The highest BCUT2D eigenvalue weighted by Gasteiger charge is 2.34. The number of rotatable bonds is 4. The van der Waals surface area contributed by atoms with E-state index in [-0.39, 0.29) is 5.82 Å². The van der Waals surface area contributed by atoms with Crippen LogP contribution in [-0.4, -0.2) is 13.1 Å². The Bertz CT molecular complexity index is 421. The topological polar surface area (TPSA) is 12.0 Å². The van der Waals surface area contributed by atoms with Gasteiger partial charge in [0.25, 0.3) is 0 Å². The van der Waals surface area contributed by atoms with E-state index in [1.165, 1.54) is 37.7 Å². The predicted molar refractivity (Wildman–Crippen MR) is 78.9 cm³/mol. The number of nitrogens with one attached hydrogen (secondary N) is 1. The number of aryl methyl sites for hydroxylation is 1. The lowest BCUT2D eigenvalue weighted by molar-refractivity contribution is 0.149. The predicted octanol–water partition coefficient (Wildman–Crippen LogP) is 4.24. The van der Waals surface area contributed by atoms with Gasteiger partial charge in [0.2, 0.25) is 0 Å². The summed E-state index contributed by atoms with van der Waals surface area (Å²) in [6.45, 7) is 4.46. The lowest BCUT2D eigenvalue weighted by Gasteiger charge is -2.41. The van der Waals surface area contributed by atoms with E-state index in [9.17, 15) is 4.39 Å². The number of benzene rings is 1. The molecule has 0 heterocycles. The zero-order valence-electron chi connectivity index (χ0n) is 12.4. The fraction of sp³-hybridized carbons (Fsp3) is 0.647. The summed E-state index contributed by atoms with van der Waals surface area (Å²) in [5, 5.41) is 3.48. The molecule has 0 aromatic heterocycles. The third-order valence-corrected chi connectivity index (χ3v) is 4.92. The van der Waals surface area contributed by atoms with Crippen molar-refractivity contribution in [3.63, 3.8) is 0 Å². The van der Waals surface area contributed by atoms with Crippen LogP contribution in [0.25, 0.3) is 0 Å². The molecule has 0 spiro atoms. The molecule has 19 heavy (non-hydrogen) atoms. The van der Waals surface area contributed by atoms with E-state index in [1.54, 1.807) is 12.1 Å². The van der Waals surface area contributed by atoms with Gasteiger partial charge < -0.3 is 5.32 Å². The van der Waals surface area contributed by atoms with Gasteiger partial charge in [0.05, 0.1) is 0 Å². The standard InChI is InChI=1S/C17H26FN/c1-13-7-8-15(18)11-14(13)12-16(19-3)17(2)9-5-4-6-10-17/h7-8,11,16,19H,4-6,9-10,12H2,1-3H3. The van der Waals surface area contributed by atoms with Gasteiger partial charge in [-0.05, 0) is 61.9 Å².